The van der Waals surface area contributed by atoms with Crippen LogP contribution in [-0.4, -0.2) is 16.1 Å². The highest BCUT2D eigenvalue weighted by atomic mass is 32.2. The zero-order chi connectivity index (χ0) is 14.1. The molecule has 1 aliphatic heterocycles. The van der Waals surface area contributed by atoms with Gasteiger partial charge >= 0.3 is 0 Å². The molecule has 0 unspecified atom stereocenters. The molecule has 5 heteroatoms. The van der Waals surface area contributed by atoms with Crippen LogP contribution in [0.3, 0.4) is 0 Å². The van der Waals surface area contributed by atoms with E-state index in [1.54, 1.807) is 18.3 Å². The predicted molar refractivity (Wildman–Crippen MR) is 80.4 cm³/mol. The lowest BCUT2D eigenvalue weighted by atomic mass is 10.2. The number of aromatic amines is 1. The second kappa shape index (κ2) is 5.02. The Labute approximate surface area is 120 Å². The van der Waals surface area contributed by atoms with Crippen LogP contribution in [0, 0.1) is 6.92 Å². The van der Waals surface area contributed by atoms with Gasteiger partial charge in [-0.15, -0.1) is 0 Å². The van der Waals surface area contributed by atoms with E-state index in [0.717, 1.165) is 23.0 Å². The zero-order valence-electron chi connectivity index (χ0n) is 10.8. The molecule has 1 aliphatic rings. The fraction of sp³-hybridized carbons (Fsp3) is 0.0667. The summed E-state index contributed by atoms with van der Waals surface area (Å²) in [7, 11) is 0. The number of carbonyl (C=O) groups is 2. The van der Waals surface area contributed by atoms with Gasteiger partial charge in [-0.25, -0.2) is 4.90 Å². The molecule has 0 aliphatic carbocycles. The number of H-pyrrole nitrogens is 1. The van der Waals surface area contributed by atoms with Crippen molar-refractivity contribution in [2.75, 3.05) is 4.90 Å². The molecule has 20 heavy (non-hydrogen) atoms. The highest BCUT2D eigenvalue weighted by molar-refractivity contribution is 8.19. The highest BCUT2D eigenvalue weighted by Crippen LogP contribution is 2.35. The Morgan fingerprint density at radius 2 is 2.05 bits per heavy atom. The van der Waals surface area contributed by atoms with Crippen LogP contribution in [0.15, 0.2) is 47.5 Å². The Hall–Kier alpha value is -2.27. The summed E-state index contributed by atoms with van der Waals surface area (Å²) in [5, 5.41) is -0.265. The van der Waals surface area contributed by atoms with E-state index in [0.29, 0.717) is 10.6 Å². The molecule has 2 aromatic rings. The first-order valence-corrected chi connectivity index (χ1v) is 6.95. The molecular weight excluding hydrogens is 272 g/mol. The number of nitrogens with one attached hydrogen (secondary N) is 1. The van der Waals surface area contributed by atoms with E-state index in [-0.39, 0.29) is 11.1 Å². The van der Waals surface area contributed by atoms with Crippen molar-refractivity contribution in [2.45, 2.75) is 6.92 Å². The summed E-state index contributed by atoms with van der Waals surface area (Å²) in [4.78, 5) is 29.0. The number of benzene rings is 1. The minimum Gasteiger partial charge on any atom is -0.362 e. The molecular formula is C15H12N2O2S. The largest absolute Gasteiger partial charge is 0.362 e. The quantitative estimate of drug-likeness (QED) is 0.858. The monoisotopic (exact) mass is 284 g/mol. The van der Waals surface area contributed by atoms with Crippen molar-refractivity contribution in [1.82, 2.24) is 4.98 Å². The second-order valence-corrected chi connectivity index (χ2v) is 5.47. The summed E-state index contributed by atoms with van der Waals surface area (Å²) in [6, 6.07) is 11.0. The molecule has 1 saturated heterocycles. The maximum absolute atomic E-state index is 12.4. The van der Waals surface area contributed by atoms with Crippen molar-refractivity contribution in [1.29, 1.82) is 0 Å². The fourth-order valence-electron chi connectivity index (χ4n) is 2.03. The molecule has 0 saturated carbocycles. The molecule has 1 N–H and O–H groups in total. The number of amides is 2. The van der Waals surface area contributed by atoms with Crippen LogP contribution in [0.4, 0.5) is 10.5 Å². The molecule has 2 amide bonds. The second-order valence-electron chi connectivity index (χ2n) is 4.48. The normalized spacial score (nSPS) is 17.2. The first-order valence-electron chi connectivity index (χ1n) is 6.13. The topological polar surface area (TPSA) is 53.2 Å². The third kappa shape index (κ3) is 2.28. The van der Waals surface area contributed by atoms with E-state index in [9.17, 15) is 9.59 Å². The van der Waals surface area contributed by atoms with Crippen LogP contribution in [0.2, 0.25) is 0 Å². The van der Waals surface area contributed by atoms with Crippen molar-refractivity contribution in [3.8, 4) is 0 Å². The first kappa shape index (κ1) is 12.7. The summed E-state index contributed by atoms with van der Waals surface area (Å²) in [6.07, 6.45) is 3.47. The Morgan fingerprint density at radius 1 is 1.20 bits per heavy atom. The molecule has 1 aromatic heterocycles. The summed E-state index contributed by atoms with van der Waals surface area (Å²) >= 11 is 0.959. The summed E-state index contributed by atoms with van der Waals surface area (Å²) in [5.74, 6) is -0.278. The Morgan fingerprint density at radius 3 is 2.75 bits per heavy atom. The van der Waals surface area contributed by atoms with Crippen molar-refractivity contribution < 1.29 is 9.59 Å². The number of carbonyl (C=O) groups excluding carboxylic acids is 2. The summed E-state index contributed by atoms with van der Waals surface area (Å²) in [5.41, 5.74) is 2.43. The van der Waals surface area contributed by atoms with Crippen LogP contribution in [-0.2, 0) is 4.79 Å². The van der Waals surface area contributed by atoms with Gasteiger partial charge in [0.05, 0.1) is 10.6 Å². The molecule has 0 radical (unpaired) electrons. The minimum atomic E-state index is -0.278. The average Bonchev–Trinajstić information content (AvgIpc) is 2.99. The van der Waals surface area contributed by atoms with Gasteiger partial charge in [0.1, 0.15) is 0 Å². The van der Waals surface area contributed by atoms with Crippen LogP contribution in [0.1, 0.15) is 11.3 Å². The van der Waals surface area contributed by atoms with Gasteiger partial charge in [0, 0.05) is 11.9 Å². The van der Waals surface area contributed by atoms with Crippen LogP contribution in [0.25, 0.3) is 6.08 Å². The number of imide groups is 1. The standard InChI is InChI=1S/C15H12N2O2S/c1-10-4-2-6-12(8-10)17-14(18)13(20-15(17)19)9-11-5-3-7-16-11/h2-9,16H,1H3/b13-9+. The number of hydrogen-bond donors (Lipinski definition) is 1. The first-order chi connectivity index (χ1) is 9.65. The Kier molecular flexibility index (Phi) is 3.20. The molecule has 1 fully saturated rings. The molecule has 4 nitrogen and oxygen atoms in total. The summed E-state index contributed by atoms with van der Waals surface area (Å²) < 4.78 is 0. The van der Waals surface area contributed by atoms with Crippen molar-refractivity contribution in [3.63, 3.8) is 0 Å². The average molecular weight is 284 g/mol. The lowest BCUT2D eigenvalue weighted by Crippen LogP contribution is -2.27. The van der Waals surface area contributed by atoms with Crippen molar-refractivity contribution in [2.24, 2.45) is 0 Å². The number of hydrogen-bond acceptors (Lipinski definition) is 3. The molecule has 0 bridgehead atoms. The molecule has 3 rings (SSSR count). The van der Waals surface area contributed by atoms with Gasteiger partial charge in [-0.3, -0.25) is 9.59 Å². The van der Waals surface area contributed by atoms with Gasteiger partial charge in [-0.2, -0.15) is 0 Å². The zero-order valence-corrected chi connectivity index (χ0v) is 11.6. The van der Waals surface area contributed by atoms with E-state index in [4.69, 9.17) is 0 Å². The number of aromatic nitrogens is 1. The van der Waals surface area contributed by atoms with E-state index < -0.39 is 0 Å². The van der Waals surface area contributed by atoms with Crippen LogP contribution < -0.4 is 4.90 Å². The molecule has 100 valence electrons. The Bertz CT molecular complexity index is 704. The van der Waals surface area contributed by atoms with E-state index >= 15 is 0 Å². The maximum Gasteiger partial charge on any atom is 0.298 e. The van der Waals surface area contributed by atoms with Gasteiger partial charge in [0.2, 0.25) is 0 Å². The van der Waals surface area contributed by atoms with E-state index in [1.807, 2.05) is 37.3 Å². The highest BCUT2D eigenvalue weighted by Gasteiger charge is 2.36. The SMILES string of the molecule is Cc1cccc(N2C(=O)S/C(=C/c3ccc[nH]3)C2=O)c1. The van der Waals surface area contributed by atoms with Gasteiger partial charge in [-0.05, 0) is 54.6 Å². The van der Waals surface area contributed by atoms with Gasteiger partial charge in [0.15, 0.2) is 0 Å². The summed E-state index contributed by atoms with van der Waals surface area (Å²) in [6.45, 7) is 1.93. The predicted octanol–water partition coefficient (Wildman–Crippen LogP) is 3.56. The maximum atomic E-state index is 12.4. The molecule has 0 atom stereocenters. The van der Waals surface area contributed by atoms with Gasteiger partial charge < -0.3 is 4.98 Å². The third-order valence-corrected chi connectivity index (χ3v) is 3.83. The minimum absolute atomic E-state index is 0.265. The molecule has 2 heterocycles. The van der Waals surface area contributed by atoms with Gasteiger partial charge in [-0.1, -0.05) is 12.1 Å². The fourth-order valence-corrected chi connectivity index (χ4v) is 2.86. The molecule has 0 spiro atoms. The number of rotatable bonds is 2. The number of nitrogens with zero attached hydrogens (tertiary/aromatic N) is 1. The van der Waals surface area contributed by atoms with Crippen molar-refractivity contribution in [3.05, 3.63) is 58.8 Å². The lowest BCUT2D eigenvalue weighted by molar-refractivity contribution is -0.113. The lowest BCUT2D eigenvalue weighted by Gasteiger charge is -2.12. The Balaban J connectivity index is 1.95. The smallest absolute Gasteiger partial charge is 0.298 e. The third-order valence-electron chi connectivity index (χ3n) is 2.96. The van der Waals surface area contributed by atoms with E-state index in [1.165, 1.54) is 4.90 Å². The number of thioether (sulfide) groups is 1. The van der Waals surface area contributed by atoms with Crippen LogP contribution in [0.5, 0.6) is 0 Å². The van der Waals surface area contributed by atoms with E-state index in [2.05, 4.69) is 4.98 Å². The van der Waals surface area contributed by atoms with Crippen LogP contribution >= 0.6 is 11.8 Å². The van der Waals surface area contributed by atoms with Crippen molar-refractivity contribution >= 4 is 34.7 Å². The van der Waals surface area contributed by atoms with Gasteiger partial charge in [0.25, 0.3) is 11.1 Å². The molecule has 1 aromatic carbocycles. The number of aryl methyl sites for hydroxylation is 1. The number of anilines is 1.